The standard InChI is InChI=1S/C9H18ClNO.Mg.2H/c1-8-6-11(5-3-4-10)7-9(2)12-8;;;/h8-9H,3-7H2,1-2H3;;;. The molecule has 0 spiro atoms. The van der Waals surface area contributed by atoms with E-state index < -0.39 is 0 Å². The van der Waals surface area contributed by atoms with E-state index in [1.54, 1.807) is 0 Å². The van der Waals surface area contributed by atoms with Gasteiger partial charge in [-0.05, 0) is 26.8 Å². The third kappa shape index (κ3) is 5.42. The van der Waals surface area contributed by atoms with Crippen LogP contribution in [0.2, 0.25) is 0 Å². The molecule has 1 aliphatic rings. The third-order valence-corrected chi connectivity index (χ3v) is 2.37. The zero-order valence-corrected chi connectivity index (χ0v) is 8.68. The normalized spacial score (nSPS) is 29.8. The van der Waals surface area contributed by atoms with Gasteiger partial charge in [-0.25, -0.2) is 0 Å². The molecule has 1 fully saturated rings. The highest BCUT2D eigenvalue weighted by molar-refractivity contribution is 6.17. The Labute approximate surface area is 102 Å². The molecule has 1 rings (SSSR count). The van der Waals surface area contributed by atoms with Gasteiger partial charge in [0, 0.05) is 19.0 Å². The molecule has 13 heavy (non-hydrogen) atoms. The molecule has 1 heterocycles. The molecule has 0 aliphatic carbocycles. The molecule has 0 bridgehead atoms. The Morgan fingerprint density at radius 3 is 2.31 bits per heavy atom. The van der Waals surface area contributed by atoms with Gasteiger partial charge in [-0.2, -0.15) is 0 Å². The van der Waals surface area contributed by atoms with E-state index in [-0.39, 0.29) is 23.1 Å². The van der Waals surface area contributed by atoms with Crippen molar-refractivity contribution < 1.29 is 4.74 Å². The SMILES string of the molecule is CC1CN(CCCCl)CC(C)O1.[MgH2]. The van der Waals surface area contributed by atoms with Gasteiger partial charge in [-0.3, -0.25) is 4.90 Å². The number of alkyl halides is 1. The monoisotopic (exact) mass is 217 g/mol. The highest BCUT2D eigenvalue weighted by Crippen LogP contribution is 2.10. The first-order chi connectivity index (χ1) is 5.72. The van der Waals surface area contributed by atoms with Crippen molar-refractivity contribution >= 4 is 34.7 Å². The summed E-state index contributed by atoms with van der Waals surface area (Å²) in [6.45, 7) is 7.48. The van der Waals surface area contributed by atoms with Gasteiger partial charge in [0.2, 0.25) is 0 Å². The summed E-state index contributed by atoms with van der Waals surface area (Å²) in [7, 11) is 0. The number of nitrogens with zero attached hydrogens (tertiary/aromatic N) is 1. The molecule has 76 valence electrons. The van der Waals surface area contributed by atoms with E-state index >= 15 is 0 Å². The zero-order chi connectivity index (χ0) is 8.97. The topological polar surface area (TPSA) is 12.5 Å². The molecule has 0 aromatic heterocycles. The Balaban J connectivity index is 0.00000144. The fraction of sp³-hybridized carbons (Fsp3) is 1.00. The van der Waals surface area contributed by atoms with Crippen LogP contribution >= 0.6 is 11.6 Å². The molecule has 4 heteroatoms. The van der Waals surface area contributed by atoms with Crippen molar-refractivity contribution in [2.45, 2.75) is 32.5 Å². The molecule has 0 saturated carbocycles. The summed E-state index contributed by atoms with van der Waals surface area (Å²) >= 11 is 5.64. The van der Waals surface area contributed by atoms with Crippen molar-refractivity contribution in [2.24, 2.45) is 0 Å². The number of hydrogen-bond acceptors (Lipinski definition) is 2. The van der Waals surface area contributed by atoms with Crippen LogP contribution in [0.1, 0.15) is 20.3 Å². The van der Waals surface area contributed by atoms with Crippen molar-refractivity contribution in [3.05, 3.63) is 0 Å². The maximum atomic E-state index is 5.64. The van der Waals surface area contributed by atoms with Crippen LogP contribution in [-0.4, -0.2) is 65.7 Å². The zero-order valence-electron chi connectivity index (χ0n) is 7.92. The molecule has 0 aromatic carbocycles. The minimum Gasteiger partial charge on any atom is -0.373 e. The number of ether oxygens (including phenoxy) is 1. The van der Waals surface area contributed by atoms with Gasteiger partial charge in [0.15, 0.2) is 0 Å². The Bertz CT molecular complexity index is 127. The number of morpholine rings is 1. The van der Waals surface area contributed by atoms with E-state index in [9.17, 15) is 0 Å². The maximum absolute atomic E-state index is 5.64. The fourth-order valence-corrected chi connectivity index (χ4v) is 1.87. The maximum Gasteiger partial charge on any atom is 0.316 e. The second kappa shape index (κ2) is 7.29. The lowest BCUT2D eigenvalue weighted by molar-refractivity contribution is -0.0677. The van der Waals surface area contributed by atoms with Gasteiger partial charge in [0.25, 0.3) is 0 Å². The molecule has 1 saturated heterocycles. The average Bonchev–Trinajstić information content (AvgIpc) is 1.99. The Morgan fingerprint density at radius 2 is 1.85 bits per heavy atom. The summed E-state index contributed by atoms with van der Waals surface area (Å²) in [5.74, 6) is 0.764. The summed E-state index contributed by atoms with van der Waals surface area (Å²) in [4.78, 5) is 2.43. The van der Waals surface area contributed by atoms with Crippen LogP contribution in [0.15, 0.2) is 0 Å². The van der Waals surface area contributed by atoms with Crippen LogP contribution < -0.4 is 0 Å². The molecular weight excluding hydrogens is 198 g/mol. The van der Waals surface area contributed by atoms with Gasteiger partial charge in [-0.1, -0.05) is 0 Å². The second-order valence-corrected chi connectivity index (χ2v) is 3.94. The fourth-order valence-electron chi connectivity index (χ4n) is 1.75. The van der Waals surface area contributed by atoms with E-state index in [2.05, 4.69) is 18.7 Å². The molecule has 0 radical (unpaired) electrons. The summed E-state index contributed by atoms with van der Waals surface area (Å²) in [5, 5.41) is 0. The quantitative estimate of drug-likeness (QED) is 0.513. The van der Waals surface area contributed by atoms with Gasteiger partial charge in [0.1, 0.15) is 0 Å². The first-order valence-corrected chi connectivity index (χ1v) is 5.19. The number of rotatable bonds is 3. The summed E-state index contributed by atoms with van der Waals surface area (Å²) in [5.41, 5.74) is 0. The highest BCUT2D eigenvalue weighted by Gasteiger charge is 2.20. The highest BCUT2D eigenvalue weighted by atomic mass is 35.5. The van der Waals surface area contributed by atoms with Gasteiger partial charge >= 0.3 is 23.1 Å². The van der Waals surface area contributed by atoms with Crippen molar-refractivity contribution in [3.8, 4) is 0 Å². The molecule has 2 atom stereocenters. The molecule has 1 aliphatic heterocycles. The molecule has 0 N–H and O–H groups in total. The van der Waals surface area contributed by atoms with E-state index in [4.69, 9.17) is 16.3 Å². The van der Waals surface area contributed by atoms with Crippen LogP contribution in [0, 0.1) is 0 Å². The molecular formula is C9H20ClMgNO. The lowest BCUT2D eigenvalue weighted by atomic mass is 10.2. The van der Waals surface area contributed by atoms with Crippen LogP contribution in [-0.2, 0) is 4.74 Å². The van der Waals surface area contributed by atoms with Gasteiger partial charge in [0.05, 0.1) is 12.2 Å². The molecule has 0 aromatic rings. The molecule has 2 unspecified atom stereocenters. The lowest BCUT2D eigenvalue weighted by Crippen LogP contribution is -2.45. The van der Waals surface area contributed by atoms with Gasteiger partial charge in [-0.15, -0.1) is 11.6 Å². The largest absolute Gasteiger partial charge is 0.373 e. The van der Waals surface area contributed by atoms with E-state index in [1.807, 2.05) is 0 Å². The van der Waals surface area contributed by atoms with Crippen molar-refractivity contribution in [3.63, 3.8) is 0 Å². The van der Waals surface area contributed by atoms with Crippen LogP contribution in [0.3, 0.4) is 0 Å². The lowest BCUT2D eigenvalue weighted by Gasteiger charge is -2.35. The van der Waals surface area contributed by atoms with Crippen molar-refractivity contribution in [1.29, 1.82) is 0 Å². The first kappa shape index (κ1) is 14.0. The predicted molar refractivity (Wildman–Crippen MR) is 60.3 cm³/mol. The van der Waals surface area contributed by atoms with E-state index in [1.165, 1.54) is 0 Å². The predicted octanol–water partition coefficient (Wildman–Crippen LogP) is 0.808. The van der Waals surface area contributed by atoms with E-state index in [0.29, 0.717) is 12.2 Å². The molecule has 2 nitrogen and oxygen atoms in total. The Morgan fingerprint density at radius 1 is 1.31 bits per heavy atom. The minimum atomic E-state index is 0. The van der Waals surface area contributed by atoms with Crippen LogP contribution in [0.5, 0.6) is 0 Å². The van der Waals surface area contributed by atoms with Crippen LogP contribution in [0.25, 0.3) is 0 Å². The Hall–Kier alpha value is 0.976. The summed E-state index contributed by atoms with van der Waals surface area (Å²) in [6.07, 6.45) is 1.84. The molecule has 0 amide bonds. The minimum absolute atomic E-state index is 0. The number of halogens is 1. The second-order valence-electron chi connectivity index (χ2n) is 3.56. The smallest absolute Gasteiger partial charge is 0.316 e. The van der Waals surface area contributed by atoms with Crippen LogP contribution in [0.4, 0.5) is 0 Å². The first-order valence-electron chi connectivity index (χ1n) is 4.66. The average molecular weight is 218 g/mol. The summed E-state index contributed by atoms with van der Waals surface area (Å²) < 4.78 is 5.62. The van der Waals surface area contributed by atoms with Crippen molar-refractivity contribution in [2.75, 3.05) is 25.5 Å². The Kier molecular flexibility index (Phi) is 7.84. The summed E-state index contributed by atoms with van der Waals surface area (Å²) in [6, 6.07) is 0. The third-order valence-electron chi connectivity index (χ3n) is 2.10. The number of hydrogen-bond donors (Lipinski definition) is 0. The van der Waals surface area contributed by atoms with E-state index in [0.717, 1.165) is 31.9 Å². The van der Waals surface area contributed by atoms with Crippen molar-refractivity contribution in [1.82, 2.24) is 4.90 Å². The van der Waals surface area contributed by atoms with Gasteiger partial charge < -0.3 is 4.74 Å².